The van der Waals surface area contributed by atoms with E-state index in [0.29, 0.717) is 47.3 Å². The van der Waals surface area contributed by atoms with Crippen LogP contribution in [0.2, 0.25) is 0 Å². The highest BCUT2D eigenvalue weighted by atomic mass is 16.7. The third kappa shape index (κ3) is 3.92. The largest absolute Gasteiger partial charge is 0.454 e. The number of carbonyl (C=O) groups is 2. The van der Waals surface area contributed by atoms with Gasteiger partial charge in [0.1, 0.15) is 5.69 Å². The van der Waals surface area contributed by atoms with E-state index in [-0.39, 0.29) is 25.4 Å². The van der Waals surface area contributed by atoms with E-state index in [0.717, 1.165) is 11.1 Å². The van der Waals surface area contributed by atoms with Crippen LogP contribution in [0.1, 0.15) is 32.0 Å². The van der Waals surface area contributed by atoms with Crippen LogP contribution in [-0.4, -0.2) is 30.0 Å². The standard InChI is InChI=1S/C23H21N3O6/c1-26-11-16(22(27)24-9-14-2-4-18-20(6-14)31-12-29-18)8-17(26)23(28)25-10-15-3-5-19-21(7-15)32-13-30-19/h2-8,11H,9-10,12-13H2,1H3,(H,24,27)(H,25,28). The number of rotatable bonds is 6. The second-order valence-electron chi connectivity index (χ2n) is 7.47. The number of amides is 2. The van der Waals surface area contributed by atoms with Gasteiger partial charge in [0.2, 0.25) is 13.6 Å². The molecule has 0 unspecified atom stereocenters. The average molecular weight is 435 g/mol. The zero-order chi connectivity index (χ0) is 22.1. The van der Waals surface area contributed by atoms with Crippen molar-refractivity contribution in [2.75, 3.05) is 13.6 Å². The molecule has 3 heterocycles. The van der Waals surface area contributed by atoms with Gasteiger partial charge in [-0.2, -0.15) is 0 Å². The normalized spacial score (nSPS) is 13.2. The molecule has 2 aromatic carbocycles. The molecule has 9 nitrogen and oxygen atoms in total. The number of fused-ring (bicyclic) bond motifs is 2. The van der Waals surface area contributed by atoms with Crippen LogP contribution in [0.15, 0.2) is 48.7 Å². The van der Waals surface area contributed by atoms with Crippen LogP contribution in [0, 0.1) is 0 Å². The highest BCUT2D eigenvalue weighted by molar-refractivity contribution is 5.99. The van der Waals surface area contributed by atoms with Crippen molar-refractivity contribution in [3.63, 3.8) is 0 Å². The number of nitrogens with zero attached hydrogens (tertiary/aromatic N) is 1. The van der Waals surface area contributed by atoms with Crippen LogP contribution >= 0.6 is 0 Å². The van der Waals surface area contributed by atoms with Crippen molar-refractivity contribution >= 4 is 11.8 Å². The summed E-state index contributed by atoms with van der Waals surface area (Å²) in [6, 6.07) is 12.6. The van der Waals surface area contributed by atoms with Crippen LogP contribution in [-0.2, 0) is 20.1 Å². The predicted octanol–water partition coefficient (Wildman–Crippen LogP) is 2.34. The van der Waals surface area contributed by atoms with Gasteiger partial charge in [0.15, 0.2) is 23.0 Å². The minimum Gasteiger partial charge on any atom is -0.454 e. The third-order valence-corrected chi connectivity index (χ3v) is 5.28. The van der Waals surface area contributed by atoms with Crippen LogP contribution in [0.5, 0.6) is 23.0 Å². The molecule has 2 aliphatic rings. The number of hydrogen-bond acceptors (Lipinski definition) is 6. The van der Waals surface area contributed by atoms with Gasteiger partial charge >= 0.3 is 0 Å². The molecule has 0 atom stereocenters. The number of aromatic nitrogens is 1. The fraction of sp³-hybridized carbons (Fsp3) is 0.217. The van der Waals surface area contributed by atoms with Crippen LogP contribution in [0.25, 0.3) is 0 Å². The summed E-state index contributed by atoms with van der Waals surface area (Å²) in [5.41, 5.74) is 2.57. The predicted molar refractivity (Wildman–Crippen MR) is 113 cm³/mol. The molecule has 32 heavy (non-hydrogen) atoms. The Labute approximate surface area is 183 Å². The Morgan fingerprint density at radius 3 is 1.91 bits per heavy atom. The highest BCUT2D eigenvalue weighted by Crippen LogP contribution is 2.33. The van der Waals surface area contributed by atoms with Crippen molar-refractivity contribution in [1.29, 1.82) is 0 Å². The number of ether oxygens (including phenoxy) is 4. The van der Waals surface area contributed by atoms with Gasteiger partial charge in [-0.3, -0.25) is 9.59 Å². The summed E-state index contributed by atoms with van der Waals surface area (Å²) in [7, 11) is 1.73. The molecule has 0 bridgehead atoms. The van der Waals surface area contributed by atoms with Crippen molar-refractivity contribution in [2.24, 2.45) is 7.05 Å². The molecular weight excluding hydrogens is 414 g/mol. The van der Waals surface area contributed by atoms with Crippen LogP contribution in [0.4, 0.5) is 0 Å². The molecule has 0 spiro atoms. The Kier molecular flexibility index (Phi) is 5.06. The lowest BCUT2D eigenvalue weighted by Crippen LogP contribution is -2.24. The van der Waals surface area contributed by atoms with Gasteiger partial charge in [-0.25, -0.2) is 0 Å². The molecule has 0 radical (unpaired) electrons. The first-order valence-electron chi connectivity index (χ1n) is 10.1. The molecule has 0 aliphatic carbocycles. The summed E-state index contributed by atoms with van der Waals surface area (Å²) in [5.74, 6) is 2.17. The van der Waals surface area contributed by atoms with E-state index in [1.54, 1.807) is 23.9 Å². The monoisotopic (exact) mass is 435 g/mol. The second kappa shape index (κ2) is 8.18. The zero-order valence-electron chi connectivity index (χ0n) is 17.3. The maximum atomic E-state index is 12.7. The minimum atomic E-state index is -0.278. The van der Waals surface area contributed by atoms with Crippen molar-refractivity contribution in [3.8, 4) is 23.0 Å². The Morgan fingerprint density at radius 2 is 1.31 bits per heavy atom. The fourth-order valence-electron chi connectivity index (χ4n) is 3.57. The second-order valence-corrected chi connectivity index (χ2v) is 7.47. The van der Waals surface area contributed by atoms with E-state index in [2.05, 4.69) is 10.6 Å². The summed E-state index contributed by atoms with van der Waals surface area (Å²) in [6.07, 6.45) is 1.63. The lowest BCUT2D eigenvalue weighted by Gasteiger charge is -2.07. The van der Waals surface area contributed by atoms with Crippen LogP contribution < -0.4 is 29.6 Å². The summed E-state index contributed by atoms with van der Waals surface area (Å²) < 4.78 is 22.9. The van der Waals surface area contributed by atoms with Gasteiger partial charge in [0.25, 0.3) is 11.8 Å². The van der Waals surface area contributed by atoms with Gasteiger partial charge in [0.05, 0.1) is 5.56 Å². The smallest absolute Gasteiger partial charge is 0.268 e. The molecule has 0 saturated carbocycles. The van der Waals surface area contributed by atoms with Gasteiger partial charge in [-0.05, 0) is 41.5 Å². The van der Waals surface area contributed by atoms with Crippen molar-refractivity contribution in [2.45, 2.75) is 13.1 Å². The van der Waals surface area contributed by atoms with Gasteiger partial charge in [-0.1, -0.05) is 12.1 Å². The van der Waals surface area contributed by atoms with Crippen molar-refractivity contribution in [3.05, 3.63) is 71.0 Å². The van der Waals surface area contributed by atoms with Gasteiger partial charge in [0, 0.05) is 26.3 Å². The summed E-state index contributed by atoms with van der Waals surface area (Å²) in [4.78, 5) is 25.2. The SMILES string of the molecule is Cn1cc(C(=O)NCc2ccc3c(c2)OCO3)cc1C(=O)NCc1ccc2c(c1)OCO2. The molecule has 0 fully saturated rings. The maximum absolute atomic E-state index is 12.7. The lowest BCUT2D eigenvalue weighted by atomic mass is 10.2. The van der Waals surface area contributed by atoms with Gasteiger partial charge < -0.3 is 34.1 Å². The quantitative estimate of drug-likeness (QED) is 0.617. The molecule has 2 amide bonds. The Bertz CT molecular complexity index is 1200. The molecule has 2 N–H and O–H groups in total. The van der Waals surface area contributed by atoms with E-state index in [1.807, 2.05) is 36.4 Å². The first-order valence-corrected chi connectivity index (χ1v) is 10.1. The number of benzene rings is 2. The molecule has 1 aromatic heterocycles. The summed E-state index contributed by atoms with van der Waals surface area (Å²) >= 11 is 0. The van der Waals surface area contributed by atoms with Gasteiger partial charge in [-0.15, -0.1) is 0 Å². The first kappa shape index (κ1) is 19.8. The van der Waals surface area contributed by atoms with Crippen LogP contribution in [0.3, 0.4) is 0 Å². The Morgan fingerprint density at radius 1 is 0.781 bits per heavy atom. The van der Waals surface area contributed by atoms with E-state index in [4.69, 9.17) is 18.9 Å². The summed E-state index contributed by atoms with van der Waals surface area (Å²) in [5, 5.41) is 5.73. The number of aryl methyl sites for hydroxylation is 1. The molecule has 164 valence electrons. The maximum Gasteiger partial charge on any atom is 0.268 e. The molecular formula is C23H21N3O6. The average Bonchev–Trinajstić information content (AvgIpc) is 3.54. The first-order chi connectivity index (χ1) is 15.6. The van der Waals surface area contributed by atoms with E-state index >= 15 is 0 Å². The summed E-state index contributed by atoms with van der Waals surface area (Å²) in [6.45, 7) is 1.06. The third-order valence-electron chi connectivity index (χ3n) is 5.28. The molecule has 0 saturated heterocycles. The zero-order valence-corrected chi connectivity index (χ0v) is 17.3. The number of hydrogen-bond donors (Lipinski definition) is 2. The molecule has 5 rings (SSSR count). The highest BCUT2D eigenvalue weighted by Gasteiger charge is 2.18. The van der Waals surface area contributed by atoms with Crippen molar-refractivity contribution in [1.82, 2.24) is 15.2 Å². The molecule has 2 aliphatic heterocycles. The van der Waals surface area contributed by atoms with E-state index in [1.165, 1.54) is 0 Å². The molecule has 3 aromatic rings. The molecule has 9 heteroatoms. The van der Waals surface area contributed by atoms with Crippen molar-refractivity contribution < 1.29 is 28.5 Å². The topological polar surface area (TPSA) is 100 Å². The Balaban J connectivity index is 1.19. The number of nitrogens with one attached hydrogen (secondary N) is 2. The minimum absolute atomic E-state index is 0.202. The fourth-order valence-corrected chi connectivity index (χ4v) is 3.57. The van der Waals surface area contributed by atoms with E-state index in [9.17, 15) is 9.59 Å². The van der Waals surface area contributed by atoms with E-state index < -0.39 is 0 Å². The lowest BCUT2D eigenvalue weighted by molar-refractivity contribution is 0.0940. The number of carbonyl (C=O) groups excluding carboxylic acids is 2. The Hall–Kier alpha value is -4.14.